The van der Waals surface area contributed by atoms with E-state index in [0.717, 1.165) is 12.5 Å². The van der Waals surface area contributed by atoms with Crippen LogP contribution in [-0.4, -0.2) is 29.1 Å². The predicted molar refractivity (Wildman–Crippen MR) is 120 cm³/mol. The Bertz CT molecular complexity index is 281. The zero-order valence-electron chi connectivity index (χ0n) is 19.2. The Hall–Kier alpha value is 0.0969. The number of hydrogen-bond donors (Lipinski definition) is 0. The van der Waals surface area contributed by atoms with Crippen molar-refractivity contribution in [3.63, 3.8) is 0 Å². The normalized spacial score (nSPS) is 12.0. The molecule has 0 fully saturated rings. The van der Waals surface area contributed by atoms with Gasteiger partial charge in [0.05, 0.1) is 0 Å². The van der Waals surface area contributed by atoms with Gasteiger partial charge in [-0.1, -0.05) is 103 Å². The summed E-state index contributed by atoms with van der Waals surface area (Å²) in [6.45, 7) is 7.69. The van der Waals surface area contributed by atoms with E-state index in [1.54, 1.807) is 7.11 Å². The van der Waals surface area contributed by atoms with Gasteiger partial charge in [0.1, 0.15) is 0 Å². The smallest absolute Gasteiger partial charge is 0.377 e. The zero-order chi connectivity index (χ0) is 20.1. The molecule has 0 atom stereocenters. The summed E-state index contributed by atoms with van der Waals surface area (Å²) in [6, 6.07) is 0.962. The molecule has 0 saturated carbocycles. The van der Waals surface area contributed by atoms with Crippen molar-refractivity contribution in [2.45, 2.75) is 130 Å². The molecule has 0 spiro atoms. The largest absolute Gasteiger partial charge is 0.500 e. The van der Waals surface area contributed by atoms with E-state index < -0.39 is 8.80 Å². The van der Waals surface area contributed by atoms with Gasteiger partial charge in [0, 0.05) is 26.4 Å². The van der Waals surface area contributed by atoms with Crippen molar-refractivity contribution in [3.05, 3.63) is 0 Å². The molecule has 0 amide bonds. The first-order chi connectivity index (χ1) is 13.2. The monoisotopic (exact) mass is 402 g/mol. The molecular formula is C23H50O3Si. The molecule has 0 aromatic rings. The van der Waals surface area contributed by atoms with E-state index in [2.05, 4.69) is 6.92 Å². The standard InChI is InChI=1S/C23H50O3Si/c1-5-8-9-10-11-12-13-14-15-16-17-18-19-20-21-22-23-27(24-4,25-6-2)26-7-3/h5-23H2,1-4H3. The Morgan fingerprint density at radius 3 is 1.11 bits per heavy atom. The molecular weight excluding hydrogens is 352 g/mol. The van der Waals surface area contributed by atoms with Gasteiger partial charge in [-0.3, -0.25) is 0 Å². The summed E-state index contributed by atoms with van der Waals surface area (Å²) >= 11 is 0. The van der Waals surface area contributed by atoms with Crippen molar-refractivity contribution in [3.8, 4) is 0 Å². The highest BCUT2D eigenvalue weighted by molar-refractivity contribution is 6.60. The van der Waals surface area contributed by atoms with E-state index in [1.165, 1.54) is 96.3 Å². The van der Waals surface area contributed by atoms with Crippen molar-refractivity contribution in [1.29, 1.82) is 0 Å². The van der Waals surface area contributed by atoms with Gasteiger partial charge in [-0.25, -0.2) is 0 Å². The number of unbranched alkanes of at least 4 members (excludes halogenated alkanes) is 15. The molecule has 0 heterocycles. The summed E-state index contributed by atoms with van der Waals surface area (Å²) in [6.07, 6.45) is 22.4. The molecule has 0 rings (SSSR count). The average molecular weight is 403 g/mol. The third-order valence-corrected chi connectivity index (χ3v) is 8.42. The molecule has 4 heteroatoms. The lowest BCUT2D eigenvalue weighted by Crippen LogP contribution is -2.44. The first-order valence-corrected chi connectivity index (χ1v) is 14.0. The molecule has 27 heavy (non-hydrogen) atoms. The Balaban J connectivity index is 3.37. The SMILES string of the molecule is CCCCCCCCCCCCCCCCCC[Si](OC)(OCC)OCC. The van der Waals surface area contributed by atoms with Crippen LogP contribution in [0.15, 0.2) is 0 Å². The van der Waals surface area contributed by atoms with Crippen LogP contribution in [0, 0.1) is 0 Å². The summed E-state index contributed by atoms with van der Waals surface area (Å²) in [5, 5.41) is 0. The zero-order valence-corrected chi connectivity index (χ0v) is 20.2. The van der Waals surface area contributed by atoms with Gasteiger partial charge in [0.15, 0.2) is 0 Å². The fourth-order valence-electron chi connectivity index (χ4n) is 3.74. The van der Waals surface area contributed by atoms with Crippen LogP contribution in [0.2, 0.25) is 6.04 Å². The fraction of sp³-hybridized carbons (Fsp3) is 1.00. The lowest BCUT2D eigenvalue weighted by atomic mass is 10.0. The second-order valence-electron chi connectivity index (χ2n) is 7.81. The second-order valence-corrected chi connectivity index (χ2v) is 10.7. The van der Waals surface area contributed by atoms with Crippen LogP contribution < -0.4 is 0 Å². The first kappa shape index (κ1) is 27.1. The summed E-state index contributed by atoms with van der Waals surface area (Å²) < 4.78 is 17.3. The maximum atomic E-state index is 5.84. The molecule has 0 aromatic carbocycles. The molecule has 3 nitrogen and oxygen atoms in total. The van der Waals surface area contributed by atoms with E-state index in [9.17, 15) is 0 Å². The van der Waals surface area contributed by atoms with Crippen LogP contribution in [0.4, 0.5) is 0 Å². The van der Waals surface area contributed by atoms with Crippen LogP contribution in [0.1, 0.15) is 124 Å². The van der Waals surface area contributed by atoms with Gasteiger partial charge >= 0.3 is 8.80 Å². The summed E-state index contributed by atoms with van der Waals surface area (Å²) in [5.74, 6) is 0. The van der Waals surface area contributed by atoms with Gasteiger partial charge in [-0.2, -0.15) is 0 Å². The van der Waals surface area contributed by atoms with Crippen molar-refractivity contribution in [2.75, 3.05) is 20.3 Å². The average Bonchev–Trinajstić information content (AvgIpc) is 2.68. The van der Waals surface area contributed by atoms with Gasteiger partial charge in [0.25, 0.3) is 0 Å². The Labute approximate surface area is 172 Å². The highest BCUT2D eigenvalue weighted by atomic mass is 28.4. The summed E-state index contributed by atoms with van der Waals surface area (Å²) in [7, 11) is -0.637. The van der Waals surface area contributed by atoms with Crippen molar-refractivity contribution >= 4 is 8.80 Å². The van der Waals surface area contributed by atoms with Crippen molar-refractivity contribution < 1.29 is 13.3 Å². The molecule has 0 saturated heterocycles. The molecule has 0 radical (unpaired) electrons. The highest BCUT2D eigenvalue weighted by Gasteiger charge is 2.38. The third kappa shape index (κ3) is 16.7. The van der Waals surface area contributed by atoms with Crippen LogP contribution in [0.25, 0.3) is 0 Å². The first-order valence-electron chi connectivity index (χ1n) is 12.1. The van der Waals surface area contributed by atoms with Crippen molar-refractivity contribution in [1.82, 2.24) is 0 Å². The van der Waals surface area contributed by atoms with Gasteiger partial charge in [-0.15, -0.1) is 0 Å². The molecule has 0 bridgehead atoms. The van der Waals surface area contributed by atoms with E-state index in [0.29, 0.717) is 13.2 Å². The third-order valence-electron chi connectivity index (χ3n) is 5.38. The van der Waals surface area contributed by atoms with Gasteiger partial charge < -0.3 is 13.3 Å². The quantitative estimate of drug-likeness (QED) is 0.136. The lowest BCUT2D eigenvalue weighted by Gasteiger charge is -2.27. The van der Waals surface area contributed by atoms with Crippen LogP contribution in [0.5, 0.6) is 0 Å². The fourth-order valence-corrected chi connectivity index (χ4v) is 6.11. The van der Waals surface area contributed by atoms with E-state index >= 15 is 0 Å². The number of rotatable bonds is 22. The van der Waals surface area contributed by atoms with Crippen LogP contribution >= 0.6 is 0 Å². The molecule has 164 valence electrons. The Morgan fingerprint density at radius 1 is 0.481 bits per heavy atom. The molecule has 0 aromatic heterocycles. The molecule has 0 aliphatic rings. The van der Waals surface area contributed by atoms with Crippen LogP contribution in [0.3, 0.4) is 0 Å². The van der Waals surface area contributed by atoms with Gasteiger partial charge in [0.2, 0.25) is 0 Å². The Morgan fingerprint density at radius 2 is 0.815 bits per heavy atom. The lowest BCUT2D eigenvalue weighted by molar-refractivity contribution is 0.0859. The molecule has 0 aliphatic heterocycles. The predicted octanol–water partition coefficient (Wildman–Crippen LogP) is 7.91. The molecule has 0 N–H and O–H groups in total. The molecule has 0 aliphatic carbocycles. The molecule has 0 unspecified atom stereocenters. The Kier molecular flexibility index (Phi) is 20.9. The minimum absolute atomic E-state index is 0.679. The van der Waals surface area contributed by atoms with E-state index in [1.807, 2.05) is 13.8 Å². The number of hydrogen-bond acceptors (Lipinski definition) is 3. The van der Waals surface area contributed by atoms with Gasteiger partial charge in [-0.05, 0) is 20.3 Å². The second kappa shape index (κ2) is 20.8. The maximum Gasteiger partial charge on any atom is 0.500 e. The minimum atomic E-state index is -2.38. The van der Waals surface area contributed by atoms with Crippen LogP contribution in [-0.2, 0) is 13.3 Å². The highest BCUT2D eigenvalue weighted by Crippen LogP contribution is 2.20. The van der Waals surface area contributed by atoms with Crippen molar-refractivity contribution in [2.24, 2.45) is 0 Å². The minimum Gasteiger partial charge on any atom is -0.377 e. The van der Waals surface area contributed by atoms with E-state index in [-0.39, 0.29) is 0 Å². The van der Waals surface area contributed by atoms with E-state index in [4.69, 9.17) is 13.3 Å². The summed E-state index contributed by atoms with van der Waals surface area (Å²) in [5.41, 5.74) is 0. The summed E-state index contributed by atoms with van der Waals surface area (Å²) in [4.78, 5) is 0. The maximum absolute atomic E-state index is 5.84. The topological polar surface area (TPSA) is 27.7 Å².